The Morgan fingerprint density at radius 3 is 2.62 bits per heavy atom. The fourth-order valence-corrected chi connectivity index (χ4v) is 2.34. The van der Waals surface area contributed by atoms with Crippen LogP contribution in [0.2, 0.25) is 5.02 Å². The van der Waals surface area contributed by atoms with E-state index in [1.54, 1.807) is 12.1 Å². The lowest BCUT2D eigenvalue weighted by molar-refractivity contribution is 0.0991. The van der Waals surface area contributed by atoms with Gasteiger partial charge in [0.15, 0.2) is 24.0 Å². The predicted octanol–water partition coefficient (Wildman–Crippen LogP) is 3.27. The van der Waals surface area contributed by atoms with E-state index in [1.807, 2.05) is 12.1 Å². The number of primary amides is 1. The van der Waals surface area contributed by atoms with E-state index >= 15 is 0 Å². The standard InChI is InChI=1S/C17H12ClF2N3O3/c18-10-3-1-9(2-4-10)7-13-22-14(26-23-13)8-25-12-6-5-11(19)15(16(12)20)17(21)24/h1-6H,7-8H2,(H2,21,24). The Balaban J connectivity index is 1.68. The van der Waals surface area contributed by atoms with Gasteiger partial charge in [-0.15, -0.1) is 0 Å². The highest BCUT2D eigenvalue weighted by Crippen LogP contribution is 2.23. The van der Waals surface area contributed by atoms with Crippen molar-refractivity contribution in [2.45, 2.75) is 13.0 Å². The van der Waals surface area contributed by atoms with Gasteiger partial charge in [0, 0.05) is 11.4 Å². The van der Waals surface area contributed by atoms with Crippen LogP contribution in [-0.4, -0.2) is 16.0 Å². The zero-order valence-electron chi connectivity index (χ0n) is 13.2. The van der Waals surface area contributed by atoms with E-state index in [0.717, 1.165) is 17.7 Å². The molecule has 2 aromatic carbocycles. The molecule has 2 N–H and O–H groups in total. The predicted molar refractivity (Wildman–Crippen MR) is 87.8 cm³/mol. The fraction of sp³-hybridized carbons (Fsp3) is 0.118. The van der Waals surface area contributed by atoms with Crippen LogP contribution in [0.25, 0.3) is 0 Å². The minimum Gasteiger partial charge on any atom is -0.481 e. The number of hydrogen-bond donors (Lipinski definition) is 1. The molecule has 0 saturated carbocycles. The molecule has 0 fully saturated rings. The molecule has 0 bridgehead atoms. The van der Waals surface area contributed by atoms with Gasteiger partial charge in [-0.05, 0) is 29.8 Å². The van der Waals surface area contributed by atoms with Crippen LogP contribution >= 0.6 is 11.6 Å². The zero-order valence-corrected chi connectivity index (χ0v) is 14.0. The molecular weight excluding hydrogens is 368 g/mol. The topological polar surface area (TPSA) is 91.2 Å². The average molecular weight is 380 g/mol. The molecule has 3 aromatic rings. The first kappa shape index (κ1) is 17.8. The molecule has 1 aromatic heterocycles. The minimum atomic E-state index is -1.23. The zero-order chi connectivity index (χ0) is 18.7. The van der Waals surface area contributed by atoms with Crippen molar-refractivity contribution in [3.63, 3.8) is 0 Å². The van der Waals surface area contributed by atoms with Crippen LogP contribution in [0.1, 0.15) is 27.6 Å². The highest BCUT2D eigenvalue weighted by Gasteiger charge is 2.20. The van der Waals surface area contributed by atoms with Crippen LogP contribution in [0.5, 0.6) is 5.75 Å². The number of ether oxygens (including phenoxy) is 1. The first-order valence-electron chi connectivity index (χ1n) is 7.40. The van der Waals surface area contributed by atoms with E-state index in [4.69, 9.17) is 26.6 Å². The summed E-state index contributed by atoms with van der Waals surface area (Å²) in [6, 6.07) is 9.08. The number of nitrogens with two attached hydrogens (primary N) is 1. The van der Waals surface area contributed by atoms with Crippen molar-refractivity contribution in [3.05, 3.63) is 75.9 Å². The van der Waals surface area contributed by atoms with E-state index < -0.39 is 23.1 Å². The number of carbonyl (C=O) groups is 1. The molecule has 0 spiro atoms. The maximum atomic E-state index is 14.1. The van der Waals surface area contributed by atoms with E-state index in [2.05, 4.69) is 10.1 Å². The third-order valence-electron chi connectivity index (χ3n) is 3.44. The Kier molecular flexibility index (Phi) is 5.13. The molecule has 1 amide bonds. The quantitative estimate of drug-likeness (QED) is 0.709. The van der Waals surface area contributed by atoms with Crippen LogP contribution in [0.3, 0.4) is 0 Å². The molecule has 0 radical (unpaired) electrons. The summed E-state index contributed by atoms with van der Waals surface area (Å²) < 4.78 is 37.7. The summed E-state index contributed by atoms with van der Waals surface area (Å²) in [6.07, 6.45) is 0.414. The van der Waals surface area contributed by atoms with Crippen LogP contribution in [0.4, 0.5) is 8.78 Å². The molecule has 26 heavy (non-hydrogen) atoms. The monoisotopic (exact) mass is 379 g/mol. The van der Waals surface area contributed by atoms with Crippen LogP contribution in [0.15, 0.2) is 40.9 Å². The lowest BCUT2D eigenvalue weighted by Crippen LogP contribution is -2.16. The van der Waals surface area contributed by atoms with Crippen LogP contribution in [0, 0.1) is 11.6 Å². The van der Waals surface area contributed by atoms with Crippen molar-refractivity contribution in [1.82, 2.24) is 10.1 Å². The summed E-state index contributed by atoms with van der Waals surface area (Å²) in [4.78, 5) is 15.2. The van der Waals surface area contributed by atoms with Gasteiger partial charge in [-0.25, -0.2) is 8.78 Å². The summed E-state index contributed by atoms with van der Waals surface area (Å²) in [7, 11) is 0. The third-order valence-corrected chi connectivity index (χ3v) is 3.69. The number of carbonyl (C=O) groups excluding carboxylic acids is 1. The van der Waals surface area contributed by atoms with E-state index in [-0.39, 0.29) is 18.2 Å². The summed E-state index contributed by atoms with van der Waals surface area (Å²) in [5.74, 6) is -3.32. The van der Waals surface area contributed by atoms with Crippen molar-refractivity contribution < 1.29 is 22.8 Å². The summed E-state index contributed by atoms with van der Waals surface area (Å²) in [6.45, 7) is -0.256. The normalized spacial score (nSPS) is 10.7. The van der Waals surface area contributed by atoms with Gasteiger partial charge in [0.1, 0.15) is 11.4 Å². The largest absolute Gasteiger partial charge is 0.481 e. The second-order valence-corrected chi connectivity index (χ2v) is 5.73. The maximum absolute atomic E-state index is 14.1. The van der Waals surface area contributed by atoms with E-state index in [0.29, 0.717) is 17.3 Å². The number of amides is 1. The minimum absolute atomic E-state index is 0.0957. The maximum Gasteiger partial charge on any atom is 0.264 e. The van der Waals surface area contributed by atoms with Crippen molar-refractivity contribution in [2.24, 2.45) is 5.73 Å². The molecule has 1 heterocycles. The average Bonchev–Trinajstić information content (AvgIpc) is 3.03. The highest BCUT2D eigenvalue weighted by molar-refractivity contribution is 6.30. The van der Waals surface area contributed by atoms with Crippen LogP contribution < -0.4 is 10.5 Å². The highest BCUT2D eigenvalue weighted by atomic mass is 35.5. The van der Waals surface area contributed by atoms with E-state index in [9.17, 15) is 13.6 Å². The van der Waals surface area contributed by atoms with Gasteiger partial charge in [-0.2, -0.15) is 4.98 Å². The molecule has 134 valence electrons. The lowest BCUT2D eigenvalue weighted by Gasteiger charge is -2.07. The molecule has 0 unspecified atom stereocenters. The number of hydrogen-bond acceptors (Lipinski definition) is 5. The van der Waals surface area contributed by atoms with Crippen molar-refractivity contribution in [3.8, 4) is 5.75 Å². The first-order valence-corrected chi connectivity index (χ1v) is 7.78. The SMILES string of the molecule is NC(=O)c1c(F)ccc(OCc2nc(Cc3ccc(Cl)cc3)no2)c1F. The van der Waals surface area contributed by atoms with Gasteiger partial charge in [0.05, 0.1) is 0 Å². The molecule has 0 aliphatic carbocycles. The van der Waals surface area contributed by atoms with Crippen molar-refractivity contribution in [2.75, 3.05) is 0 Å². The molecule has 6 nitrogen and oxygen atoms in total. The Morgan fingerprint density at radius 1 is 1.19 bits per heavy atom. The van der Waals surface area contributed by atoms with Crippen LogP contribution in [-0.2, 0) is 13.0 Å². The van der Waals surface area contributed by atoms with Crippen molar-refractivity contribution >= 4 is 17.5 Å². The molecule has 0 saturated heterocycles. The Bertz CT molecular complexity index is 945. The number of halogens is 3. The number of benzene rings is 2. The number of nitrogens with zero attached hydrogens (tertiary/aromatic N) is 2. The van der Waals surface area contributed by atoms with Gasteiger partial charge in [0.2, 0.25) is 0 Å². The van der Waals surface area contributed by atoms with Gasteiger partial charge in [-0.3, -0.25) is 4.79 Å². The second-order valence-electron chi connectivity index (χ2n) is 5.30. The summed E-state index contributed by atoms with van der Waals surface area (Å²) in [5.41, 5.74) is 5.02. The smallest absolute Gasteiger partial charge is 0.264 e. The van der Waals surface area contributed by atoms with E-state index in [1.165, 1.54) is 0 Å². The summed E-state index contributed by atoms with van der Waals surface area (Å²) in [5, 5.41) is 4.42. The summed E-state index contributed by atoms with van der Waals surface area (Å²) >= 11 is 5.82. The molecule has 9 heteroatoms. The Labute approximate surface area is 151 Å². The first-order chi connectivity index (χ1) is 12.4. The van der Waals surface area contributed by atoms with Gasteiger partial charge >= 0.3 is 0 Å². The molecular formula is C17H12ClF2N3O3. The fourth-order valence-electron chi connectivity index (χ4n) is 2.22. The number of rotatable bonds is 6. The Hall–Kier alpha value is -3.00. The van der Waals surface area contributed by atoms with Gasteiger partial charge in [-0.1, -0.05) is 28.9 Å². The Morgan fingerprint density at radius 2 is 1.92 bits per heavy atom. The number of aromatic nitrogens is 2. The second kappa shape index (κ2) is 7.49. The van der Waals surface area contributed by atoms with Gasteiger partial charge in [0.25, 0.3) is 11.8 Å². The molecule has 3 rings (SSSR count). The van der Waals surface area contributed by atoms with Crippen molar-refractivity contribution in [1.29, 1.82) is 0 Å². The molecule has 0 aliphatic heterocycles. The molecule has 0 atom stereocenters. The molecule has 0 aliphatic rings. The third kappa shape index (κ3) is 3.97. The van der Waals surface area contributed by atoms with Gasteiger partial charge < -0.3 is 15.0 Å². The lowest BCUT2D eigenvalue weighted by atomic mass is 10.1.